The Hall–Kier alpha value is -1.91. The quantitative estimate of drug-likeness (QED) is 0.931. The molecule has 2 aromatic carbocycles. The van der Waals surface area contributed by atoms with Crippen molar-refractivity contribution < 1.29 is 9.18 Å². The van der Waals surface area contributed by atoms with Gasteiger partial charge in [0.05, 0.1) is 5.56 Å². The van der Waals surface area contributed by atoms with E-state index in [1.165, 1.54) is 6.07 Å². The Morgan fingerprint density at radius 2 is 1.91 bits per heavy atom. The van der Waals surface area contributed by atoms with Crippen molar-refractivity contribution in [1.29, 1.82) is 0 Å². The highest BCUT2D eigenvalue weighted by Crippen LogP contribution is 2.26. The molecule has 23 heavy (non-hydrogen) atoms. The van der Waals surface area contributed by atoms with Crippen molar-refractivity contribution in [2.75, 3.05) is 13.1 Å². The van der Waals surface area contributed by atoms with Crippen LogP contribution in [0, 0.1) is 5.82 Å². The van der Waals surface area contributed by atoms with Crippen LogP contribution in [-0.2, 0) is 0 Å². The molecule has 2 N–H and O–H groups in total. The normalized spacial score (nSPS) is 17.5. The molecule has 1 atom stereocenters. The second kappa shape index (κ2) is 6.69. The third-order valence-corrected chi connectivity index (χ3v) is 4.54. The van der Waals surface area contributed by atoms with Crippen molar-refractivity contribution in [3.05, 3.63) is 58.9 Å². The topological polar surface area (TPSA) is 46.3 Å². The third kappa shape index (κ3) is 3.23. The van der Waals surface area contributed by atoms with Crippen LogP contribution in [0.4, 0.5) is 4.39 Å². The molecule has 3 nitrogen and oxygen atoms in total. The molecule has 1 amide bonds. The number of carbonyl (C=O) groups is 1. The minimum absolute atomic E-state index is 0.0119. The molecule has 2 aromatic rings. The lowest BCUT2D eigenvalue weighted by atomic mass is 10.0. The van der Waals surface area contributed by atoms with E-state index in [2.05, 4.69) is 0 Å². The smallest absolute Gasteiger partial charge is 0.257 e. The van der Waals surface area contributed by atoms with Crippen LogP contribution in [0.3, 0.4) is 0 Å². The van der Waals surface area contributed by atoms with Crippen molar-refractivity contribution in [2.45, 2.75) is 18.9 Å². The monoisotopic (exact) mass is 332 g/mol. The summed E-state index contributed by atoms with van der Waals surface area (Å²) in [6, 6.07) is 11.9. The van der Waals surface area contributed by atoms with Crippen molar-refractivity contribution in [3.8, 4) is 11.1 Å². The van der Waals surface area contributed by atoms with Crippen molar-refractivity contribution in [1.82, 2.24) is 4.90 Å². The zero-order valence-corrected chi connectivity index (χ0v) is 13.4. The number of halogens is 2. The zero-order valence-electron chi connectivity index (χ0n) is 12.6. The fourth-order valence-electron chi connectivity index (χ4n) is 3.01. The van der Waals surface area contributed by atoms with E-state index in [1.54, 1.807) is 29.2 Å². The SMILES string of the molecule is NCC1CCCN1C(=O)c1ccc(-c2ccc(Cl)cc2)cc1F. The van der Waals surface area contributed by atoms with Crippen molar-refractivity contribution in [2.24, 2.45) is 5.73 Å². The van der Waals surface area contributed by atoms with Gasteiger partial charge in [-0.25, -0.2) is 4.39 Å². The summed E-state index contributed by atoms with van der Waals surface area (Å²) in [6.45, 7) is 1.05. The number of hydrogen-bond acceptors (Lipinski definition) is 2. The first-order valence-electron chi connectivity index (χ1n) is 7.66. The fourth-order valence-corrected chi connectivity index (χ4v) is 3.14. The predicted octanol–water partition coefficient (Wildman–Crippen LogP) is 3.71. The maximum atomic E-state index is 14.4. The summed E-state index contributed by atoms with van der Waals surface area (Å²) in [5.74, 6) is -0.789. The highest BCUT2D eigenvalue weighted by atomic mass is 35.5. The zero-order chi connectivity index (χ0) is 16.4. The van der Waals surface area contributed by atoms with Crippen LogP contribution in [0.1, 0.15) is 23.2 Å². The molecule has 0 spiro atoms. The van der Waals surface area contributed by atoms with Gasteiger partial charge in [0, 0.05) is 24.2 Å². The van der Waals surface area contributed by atoms with Crippen LogP contribution in [0.5, 0.6) is 0 Å². The van der Waals surface area contributed by atoms with Crippen LogP contribution < -0.4 is 5.73 Å². The maximum Gasteiger partial charge on any atom is 0.257 e. The molecule has 1 aliphatic rings. The van der Waals surface area contributed by atoms with E-state index in [-0.39, 0.29) is 17.5 Å². The van der Waals surface area contributed by atoms with Crippen LogP contribution >= 0.6 is 11.6 Å². The Labute approximate surface area is 139 Å². The number of benzene rings is 2. The molecule has 1 unspecified atom stereocenters. The van der Waals surface area contributed by atoms with E-state index >= 15 is 0 Å². The van der Waals surface area contributed by atoms with Gasteiger partial charge in [0.2, 0.25) is 0 Å². The average molecular weight is 333 g/mol. The maximum absolute atomic E-state index is 14.4. The summed E-state index contributed by atoms with van der Waals surface area (Å²) in [4.78, 5) is 14.2. The molecule has 5 heteroatoms. The number of carbonyl (C=O) groups excluding carboxylic acids is 1. The first-order valence-corrected chi connectivity index (χ1v) is 8.04. The van der Waals surface area contributed by atoms with Gasteiger partial charge in [-0.2, -0.15) is 0 Å². The van der Waals surface area contributed by atoms with Gasteiger partial charge in [0.25, 0.3) is 5.91 Å². The summed E-state index contributed by atoms with van der Waals surface area (Å²) >= 11 is 5.86. The lowest BCUT2D eigenvalue weighted by Crippen LogP contribution is -2.40. The summed E-state index contributed by atoms with van der Waals surface area (Å²) in [5, 5.41) is 0.628. The first-order chi connectivity index (χ1) is 11.1. The minimum Gasteiger partial charge on any atom is -0.334 e. The molecule has 0 aliphatic carbocycles. The number of hydrogen-bond donors (Lipinski definition) is 1. The third-order valence-electron chi connectivity index (χ3n) is 4.29. The molecule has 1 saturated heterocycles. The molecule has 3 rings (SSSR count). The second-order valence-corrected chi connectivity index (χ2v) is 6.17. The summed E-state index contributed by atoms with van der Waals surface area (Å²) in [5.41, 5.74) is 7.36. The van der Waals surface area contributed by atoms with Crippen LogP contribution in [0.25, 0.3) is 11.1 Å². The highest BCUT2D eigenvalue weighted by molar-refractivity contribution is 6.30. The summed E-state index contributed by atoms with van der Waals surface area (Å²) < 4.78 is 14.4. The van der Waals surface area contributed by atoms with Gasteiger partial charge in [-0.05, 0) is 48.2 Å². The molecular formula is C18H18ClFN2O. The largest absolute Gasteiger partial charge is 0.334 e. The van der Waals surface area contributed by atoms with Gasteiger partial charge in [-0.1, -0.05) is 29.8 Å². The van der Waals surface area contributed by atoms with E-state index in [9.17, 15) is 9.18 Å². The number of nitrogens with two attached hydrogens (primary N) is 1. The number of rotatable bonds is 3. The first kappa shape index (κ1) is 16.0. The van der Waals surface area contributed by atoms with Gasteiger partial charge in [0.1, 0.15) is 5.82 Å². The molecular weight excluding hydrogens is 315 g/mol. The predicted molar refractivity (Wildman–Crippen MR) is 90.0 cm³/mol. The van der Waals surface area contributed by atoms with E-state index in [0.29, 0.717) is 23.7 Å². The number of amides is 1. The summed E-state index contributed by atoms with van der Waals surface area (Å²) in [6.07, 6.45) is 1.80. The van der Waals surface area contributed by atoms with Gasteiger partial charge >= 0.3 is 0 Å². The summed E-state index contributed by atoms with van der Waals surface area (Å²) in [7, 11) is 0. The van der Waals surface area contributed by atoms with Crippen LogP contribution in [0.2, 0.25) is 5.02 Å². The number of likely N-dealkylation sites (tertiary alicyclic amines) is 1. The van der Waals surface area contributed by atoms with Gasteiger partial charge < -0.3 is 10.6 Å². The van der Waals surface area contributed by atoms with E-state index in [1.807, 2.05) is 12.1 Å². The van der Waals surface area contributed by atoms with Crippen LogP contribution in [-0.4, -0.2) is 29.9 Å². The fraction of sp³-hybridized carbons (Fsp3) is 0.278. The van der Waals surface area contributed by atoms with Gasteiger partial charge in [-0.3, -0.25) is 4.79 Å². The molecule has 1 fully saturated rings. The molecule has 1 aliphatic heterocycles. The average Bonchev–Trinajstić information content (AvgIpc) is 3.03. The number of nitrogens with zero attached hydrogens (tertiary/aromatic N) is 1. The van der Waals surface area contributed by atoms with Crippen LogP contribution in [0.15, 0.2) is 42.5 Å². The molecule has 0 saturated carbocycles. The van der Waals surface area contributed by atoms with Crippen molar-refractivity contribution in [3.63, 3.8) is 0 Å². The molecule has 0 radical (unpaired) electrons. The Kier molecular flexibility index (Phi) is 4.64. The lowest BCUT2D eigenvalue weighted by molar-refractivity contribution is 0.0736. The highest BCUT2D eigenvalue weighted by Gasteiger charge is 2.29. The Balaban J connectivity index is 1.87. The Bertz CT molecular complexity index is 717. The Morgan fingerprint density at radius 3 is 2.57 bits per heavy atom. The molecule has 1 heterocycles. The van der Waals surface area contributed by atoms with Gasteiger partial charge in [-0.15, -0.1) is 0 Å². The molecule has 120 valence electrons. The lowest BCUT2D eigenvalue weighted by Gasteiger charge is -2.23. The van der Waals surface area contributed by atoms with E-state index in [4.69, 9.17) is 17.3 Å². The molecule has 0 bridgehead atoms. The van der Waals surface area contributed by atoms with Crippen molar-refractivity contribution >= 4 is 17.5 Å². The second-order valence-electron chi connectivity index (χ2n) is 5.73. The minimum atomic E-state index is -0.509. The van der Waals surface area contributed by atoms with Gasteiger partial charge in [0.15, 0.2) is 0 Å². The van der Waals surface area contributed by atoms with E-state index in [0.717, 1.165) is 18.4 Å². The van der Waals surface area contributed by atoms with E-state index < -0.39 is 5.82 Å². The molecule has 0 aromatic heterocycles. The standard InChI is InChI=1S/C18H18ClFN2O/c19-14-6-3-12(4-7-14)13-5-8-16(17(20)10-13)18(23)22-9-1-2-15(22)11-21/h3-8,10,15H,1-2,9,11,21H2. The Morgan fingerprint density at radius 1 is 1.22 bits per heavy atom.